The van der Waals surface area contributed by atoms with Gasteiger partial charge in [0.25, 0.3) is 13.4 Å². The summed E-state index contributed by atoms with van der Waals surface area (Å²) < 4.78 is 12.4. The quantitative estimate of drug-likeness (QED) is 0.134. The fraction of sp³-hybridized carbons (Fsp3) is 0. The van der Waals surface area contributed by atoms with Gasteiger partial charge in [-0.15, -0.1) is 22.7 Å². The van der Waals surface area contributed by atoms with Gasteiger partial charge in [0.15, 0.2) is 0 Å². The molecular weight excluding hydrogens is 1180 g/mol. The SMILES string of the molecule is c1ccc(N(c2ccccc2)c2cc3c4c(c2)N(c2cccc5sc6ccccc6c25)c2cc5c(cc2B4c2ccccc2O3)B2c3ccccc3N(c3cccc4c3sc3ccccc34)c3cc(N(c4ccccc4)c4ccccc4)cc(c32)N5c2ccccc2)cc1. The zero-order valence-corrected chi connectivity index (χ0v) is 52.3. The minimum Gasteiger partial charge on any atom is -0.458 e. The molecule has 0 atom stereocenters. The third-order valence-corrected chi connectivity index (χ3v) is 21.9. The molecule has 10 heteroatoms. The van der Waals surface area contributed by atoms with Crippen LogP contribution in [-0.4, -0.2) is 13.4 Å². The molecule has 0 saturated heterocycles. The Morgan fingerprint density at radius 3 is 1.39 bits per heavy atom. The molecule has 0 N–H and O–H groups in total. The predicted molar refractivity (Wildman–Crippen MR) is 401 cm³/mol. The minimum atomic E-state index is -0.208. The molecule has 438 valence electrons. The van der Waals surface area contributed by atoms with E-state index in [-0.39, 0.29) is 13.4 Å². The maximum atomic E-state index is 7.41. The Morgan fingerprint density at radius 1 is 0.266 bits per heavy atom. The topological polar surface area (TPSA) is 25.4 Å². The lowest BCUT2D eigenvalue weighted by atomic mass is 9.30. The van der Waals surface area contributed by atoms with Crippen LogP contribution >= 0.6 is 22.7 Å². The number of hydrogen-bond donors (Lipinski definition) is 0. The number of benzene rings is 14. The average Bonchev–Trinajstić information content (AvgIpc) is 0.704. The summed E-state index contributed by atoms with van der Waals surface area (Å²) >= 11 is 3.74. The van der Waals surface area contributed by atoms with Gasteiger partial charge in [-0.25, -0.2) is 0 Å². The average molecular weight is 1230 g/mol. The van der Waals surface area contributed by atoms with E-state index in [1.54, 1.807) is 0 Å². The summed E-state index contributed by atoms with van der Waals surface area (Å²) in [4.78, 5) is 12.6. The van der Waals surface area contributed by atoms with Crippen LogP contribution in [0, 0.1) is 0 Å². The Labute approximate surface area is 553 Å². The predicted octanol–water partition coefficient (Wildman–Crippen LogP) is 19.8. The summed E-state index contributed by atoms with van der Waals surface area (Å²) in [5.41, 5.74) is 23.6. The van der Waals surface area contributed by atoms with Crippen LogP contribution in [0.1, 0.15) is 0 Å². The molecule has 0 bridgehead atoms. The van der Waals surface area contributed by atoms with Crippen LogP contribution in [0.3, 0.4) is 0 Å². The number of ether oxygens (including phenoxy) is 1. The van der Waals surface area contributed by atoms with Gasteiger partial charge in [0.05, 0.1) is 27.4 Å². The molecule has 14 aromatic carbocycles. The first-order valence-electron chi connectivity index (χ1n) is 32.1. The molecular formula is C84H53B2N5OS2. The summed E-state index contributed by atoms with van der Waals surface area (Å²) in [5.74, 6) is 1.70. The second-order valence-electron chi connectivity index (χ2n) is 24.7. The first-order valence-corrected chi connectivity index (χ1v) is 33.8. The van der Waals surface area contributed by atoms with Crippen molar-refractivity contribution in [3.63, 3.8) is 0 Å². The van der Waals surface area contributed by atoms with Crippen molar-refractivity contribution in [2.45, 2.75) is 0 Å². The maximum Gasteiger partial charge on any atom is 0.256 e. The third-order valence-electron chi connectivity index (χ3n) is 19.6. The highest BCUT2D eigenvalue weighted by Gasteiger charge is 2.49. The smallest absolute Gasteiger partial charge is 0.256 e. The van der Waals surface area contributed by atoms with E-state index < -0.39 is 0 Å². The van der Waals surface area contributed by atoms with Gasteiger partial charge >= 0.3 is 0 Å². The van der Waals surface area contributed by atoms with Gasteiger partial charge in [0.2, 0.25) is 0 Å². The molecule has 6 heterocycles. The third kappa shape index (κ3) is 7.97. The summed E-state index contributed by atoms with van der Waals surface area (Å²) in [6.45, 7) is -0.405. The lowest BCUT2D eigenvalue weighted by Gasteiger charge is -2.47. The van der Waals surface area contributed by atoms with Gasteiger partial charge in [-0.1, -0.05) is 188 Å². The van der Waals surface area contributed by atoms with E-state index in [0.29, 0.717) is 0 Å². The Kier molecular flexibility index (Phi) is 11.9. The highest BCUT2D eigenvalue weighted by Crippen LogP contribution is 2.54. The van der Waals surface area contributed by atoms with Crippen molar-refractivity contribution in [1.29, 1.82) is 0 Å². The van der Waals surface area contributed by atoms with Crippen LogP contribution in [0.5, 0.6) is 11.5 Å². The van der Waals surface area contributed by atoms with E-state index in [0.717, 1.165) is 108 Å². The molecule has 0 unspecified atom stereocenters. The van der Waals surface area contributed by atoms with Crippen LogP contribution in [0.15, 0.2) is 322 Å². The first-order chi connectivity index (χ1) is 46.7. The number of fused-ring (bicyclic) bond motifs is 14. The van der Waals surface area contributed by atoms with Crippen molar-refractivity contribution < 1.29 is 4.74 Å². The molecule has 0 fully saturated rings. The van der Waals surface area contributed by atoms with Gasteiger partial charge in [0.1, 0.15) is 11.5 Å². The molecule has 20 rings (SSSR count). The molecule has 4 aliphatic rings. The van der Waals surface area contributed by atoms with Crippen LogP contribution in [-0.2, 0) is 0 Å². The van der Waals surface area contributed by atoms with E-state index >= 15 is 0 Å². The van der Waals surface area contributed by atoms with E-state index in [1.807, 2.05) is 22.7 Å². The molecule has 0 aliphatic carbocycles. The normalized spacial score (nSPS) is 13.1. The fourth-order valence-electron chi connectivity index (χ4n) is 15.8. The van der Waals surface area contributed by atoms with E-state index in [2.05, 4.69) is 346 Å². The molecule has 0 radical (unpaired) electrons. The lowest BCUT2D eigenvalue weighted by molar-refractivity contribution is 0.487. The number of thiophene rings is 2. The molecule has 0 saturated carbocycles. The van der Waals surface area contributed by atoms with E-state index in [1.165, 1.54) is 62.2 Å². The maximum absolute atomic E-state index is 7.41. The fourth-order valence-corrected chi connectivity index (χ4v) is 18.1. The minimum absolute atomic E-state index is 0.198. The number of rotatable bonds is 9. The standard InChI is InChI=1S/C84H53B2N5OS2/c1-6-26-54(27-7-1)87(55-28-8-2-9-29-55)59-48-73-82-74(49-59)90(70-43-24-38-62-61-36-16-22-45-78(61)94-84(62)70)68-41-20-18-39-64(68)85(82)66-52-67-72(53-71(66)89(73)58-34-14-5-15-35-58)91(69-42-25-47-80-81(69)63-37-17-23-46-79(63)93-80)75-50-60(51-77-83(75)86(67)65-40-19-21-44-76(65)92-77)88(56-30-10-3-11-31-56)57-32-12-4-13-33-57/h1-53H. The van der Waals surface area contributed by atoms with Gasteiger partial charge < -0.3 is 29.2 Å². The van der Waals surface area contributed by atoms with Crippen LogP contribution in [0.4, 0.5) is 85.3 Å². The zero-order chi connectivity index (χ0) is 61.5. The summed E-state index contributed by atoms with van der Waals surface area (Å²) in [5, 5.41) is 4.99. The Morgan fingerprint density at radius 2 is 0.723 bits per heavy atom. The van der Waals surface area contributed by atoms with Crippen LogP contribution < -0.4 is 62.0 Å². The first kappa shape index (κ1) is 53.1. The molecule has 16 aromatic rings. The number of nitrogens with zero attached hydrogens (tertiary/aromatic N) is 5. The molecule has 4 aliphatic heterocycles. The molecule has 0 spiro atoms. The second-order valence-corrected chi connectivity index (χ2v) is 26.8. The van der Waals surface area contributed by atoms with Gasteiger partial charge in [0, 0.05) is 104 Å². The Hall–Kier alpha value is -11.6. The van der Waals surface area contributed by atoms with Crippen molar-refractivity contribution in [1.82, 2.24) is 0 Å². The van der Waals surface area contributed by atoms with Gasteiger partial charge in [-0.05, 0) is 160 Å². The highest BCUT2D eigenvalue weighted by molar-refractivity contribution is 7.26. The Balaban J connectivity index is 0.920. The number of anilines is 15. The van der Waals surface area contributed by atoms with Crippen LogP contribution in [0.2, 0.25) is 0 Å². The molecule has 2 aromatic heterocycles. The Bertz CT molecular complexity index is 5650. The van der Waals surface area contributed by atoms with E-state index in [4.69, 9.17) is 4.74 Å². The van der Waals surface area contributed by atoms with Crippen molar-refractivity contribution in [2.75, 3.05) is 24.5 Å². The van der Waals surface area contributed by atoms with Crippen molar-refractivity contribution in [3.05, 3.63) is 322 Å². The largest absolute Gasteiger partial charge is 0.458 e. The number of para-hydroxylation sites is 7. The molecule has 94 heavy (non-hydrogen) atoms. The summed E-state index contributed by atoms with van der Waals surface area (Å²) in [6, 6.07) is 119. The van der Waals surface area contributed by atoms with Crippen LogP contribution in [0.25, 0.3) is 40.3 Å². The molecule has 6 nitrogen and oxygen atoms in total. The lowest BCUT2D eigenvalue weighted by Crippen LogP contribution is -2.64. The molecule has 0 amide bonds. The van der Waals surface area contributed by atoms with Gasteiger partial charge in [-0.3, -0.25) is 0 Å². The van der Waals surface area contributed by atoms with Crippen molar-refractivity contribution in [3.8, 4) is 11.5 Å². The summed E-state index contributed by atoms with van der Waals surface area (Å²) in [7, 11) is 0. The number of hydrogen-bond acceptors (Lipinski definition) is 8. The van der Waals surface area contributed by atoms with Crippen molar-refractivity contribution >= 4 is 195 Å². The monoisotopic (exact) mass is 1230 g/mol. The van der Waals surface area contributed by atoms with Gasteiger partial charge in [-0.2, -0.15) is 0 Å². The second kappa shape index (κ2) is 21.0. The highest BCUT2D eigenvalue weighted by atomic mass is 32.1. The van der Waals surface area contributed by atoms with Crippen molar-refractivity contribution in [2.24, 2.45) is 0 Å². The summed E-state index contributed by atoms with van der Waals surface area (Å²) in [6.07, 6.45) is 0. The van der Waals surface area contributed by atoms with E-state index in [9.17, 15) is 0 Å². The zero-order valence-electron chi connectivity index (χ0n) is 50.7.